The molecule has 24 heavy (non-hydrogen) atoms. The summed E-state index contributed by atoms with van der Waals surface area (Å²) < 4.78 is 29.0. The number of nitrogens with one attached hydrogen (secondary N) is 2. The summed E-state index contributed by atoms with van der Waals surface area (Å²) in [4.78, 5) is 11.4. The number of nitrogens with two attached hydrogens (primary N) is 2. The van der Waals surface area contributed by atoms with Crippen LogP contribution < -0.4 is 16.8 Å². The smallest absolute Gasteiger partial charge is 0.253 e. The number of carbonyl (C=O) groups excluding carboxylic acids is 1. The van der Waals surface area contributed by atoms with Gasteiger partial charge in [-0.05, 0) is 24.6 Å². The Morgan fingerprint density at radius 3 is 2.46 bits per heavy atom. The maximum absolute atomic E-state index is 14.5. The first-order valence-electron chi connectivity index (χ1n) is 6.84. The van der Waals surface area contributed by atoms with Gasteiger partial charge in [0.1, 0.15) is 5.82 Å². The van der Waals surface area contributed by atoms with Crippen molar-refractivity contribution >= 4 is 35.1 Å². The summed E-state index contributed by atoms with van der Waals surface area (Å²) in [5.41, 5.74) is 11.0. The Kier molecular flexibility index (Phi) is 4.75. The minimum absolute atomic E-state index is 0.00205. The molecule has 0 unspecified atom stereocenters. The molecule has 126 valence electrons. The molecule has 2 aromatic carbocycles. The number of hydrogen-bond acceptors (Lipinski definition) is 4. The molecule has 0 aliphatic rings. The van der Waals surface area contributed by atoms with Crippen molar-refractivity contribution in [3.8, 4) is 11.1 Å². The largest absolute Gasteiger partial charge is 0.398 e. The van der Waals surface area contributed by atoms with Crippen LogP contribution >= 0.6 is 11.6 Å². The Morgan fingerprint density at radius 2 is 1.96 bits per heavy atom. The van der Waals surface area contributed by atoms with Gasteiger partial charge in [-0.2, -0.15) is 0 Å². The number of amides is 1. The predicted octanol–water partition coefficient (Wildman–Crippen LogP) is 3.31. The van der Waals surface area contributed by atoms with Crippen LogP contribution in [0.5, 0.6) is 0 Å². The number of benzene rings is 2. The highest BCUT2D eigenvalue weighted by Crippen LogP contribution is 2.43. The summed E-state index contributed by atoms with van der Waals surface area (Å²) in [6.45, 7) is 1.48. The summed E-state index contributed by atoms with van der Waals surface area (Å²) in [5.74, 6) is -2.85. The second kappa shape index (κ2) is 6.45. The van der Waals surface area contributed by atoms with E-state index in [9.17, 15) is 13.6 Å². The average Bonchev–Trinajstić information content (AvgIpc) is 2.54. The Labute approximate surface area is 142 Å². The predicted molar refractivity (Wildman–Crippen MR) is 91.9 cm³/mol. The molecule has 2 aromatic rings. The zero-order valence-corrected chi connectivity index (χ0v) is 13.7. The van der Waals surface area contributed by atoms with Crippen LogP contribution in [0.4, 0.5) is 20.2 Å². The minimum atomic E-state index is -1.11. The molecule has 2 rings (SSSR count). The zero-order valence-electron chi connectivity index (χ0n) is 12.9. The Morgan fingerprint density at radius 1 is 1.33 bits per heavy atom. The number of primary amides is 1. The molecule has 6 N–H and O–H groups in total. The first kappa shape index (κ1) is 17.7. The lowest BCUT2D eigenvalue weighted by molar-refractivity contribution is 0.0997. The van der Waals surface area contributed by atoms with Gasteiger partial charge in [-0.1, -0.05) is 11.6 Å². The fourth-order valence-electron chi connectivity index (χ4n) is 2.59. The summed E-state index contributed by atoms with van der Waals surface area (Å²) in [6, 6.07) is 2.54. The van der Waals surface area contributed by atoms with Crippen LogP contribution in [0, 0.1) is 24.0 Å². The number of rotatable bonds is 4. The Bertz CT molecular complexity index is 839. The van der Waals surface area contributed by atoms with Crippen LogP contribution in [-0.4, -0.2) is 19.2 Å². The summed E-state index contributed by atoms with van der Waals surface area (Å²) >= 11 is 6.06. The van der Waals surface area contributed by atoms with Crippen LogP contribution in [0.25, 0.3) is 11.1 Å². The second-order valence-electron chi connectivity index (χ2n) is 5.06. The molecule has 8 heteroatoms. The molecule has 0 spiro atoms. The molecule has 0 aliphatic heterocycles. The van der Waals surface area contributed by atoms with Gasteiger partial charge in [0.05, 0.1) is 22.0 Å². The number of carbonyl (C=O) groups is 1. The van der Waals surface area contributed by atoms with Crippen molar-refractivity contribution in [2.75, 3.05) is 18.1 Å². The van der Waals surface area contributed by atoms with Gasteiger partial charge in [0.25, 0.3) is 5.91 Å². The lowest BCUT2D eigenvalue weighted by Gasteiger charge is -2.19. The Balaban J connectivity index is 3.00. The molecule has 0 bridgehead atoms. The maximum atomic E-state index is 14.5. The van der Waals surface area contributed by atoms with E-state index < -0.39 is 28.1 Å². The van der Waals surface area contributed by atoms with Gasteiger partial charge < -0.3 is 22.2 Å². The first-order chi connectivity index (χ1) is 11.3. The van der Waals surface area contributed by atoms with Crippen molar-refractivity contribution in [3.63, 3.8) is 0 Å². The third kappa shape index (κ3) is 2.56. The number of anilines is 2. The quantitative estimate of drug-likeness (QED) is 0.501. The SMILES string of the molecule is CNc1c(C=N)ccc(F)c1-c1c(C)c(N)c(C(N)=O)c(F)c1Cl. The van der Waals surface area contributed by atoms with Gasteiger partial charge in [-0.3, -0.25) is 4.79 Å². The Hall–Kier alpha value is -2.67. The zero-order chi connectivity index (χ0) is 18.2. The molecular weight excluding hydrogens is 338 g/mol. The van der Waals surface area contributed by atoms with Gasteiger partial charge in [-0.25, -0.2) is 8.78 Å². The monoisotopic (exact) mass is 352 g/mol. The lowest BCUT2D eigenvalue weighted by atomic mass is 9.92. The average molecular weight is 353 g/mol. The minimum Gasteiger partial charge on any atom is -0.398 e. The third-order valence-electron chi connectivity index (χ3n) is 3.77. The van der Waals surface area contributed by atoms with Gasteiger partial charge >= 0.3 is 0 Å². The van der Waals surface area contributed by atoms with Crippen LogP contribution in [-0.2, 0) is 0 Å². The molecular formula is C16H15ClF2N4O. The third-order valence-corrected chi connectivity index (χ3v) is 4.12. The summed E-state index contributed by atoms with van der Waals surface area (Å²) in [7, 11) is 1.53. The number of nitrogen functional groups attached to an aromatic ring is 1. The lowest BCUT2D eigenvalue weighted by Crippen LogP contribution is -2.18. The highest BCUT2D eigenvalue weighted by molar-refractivity contribution is 6.34. The van der Waals surface area contributed by atoms with E-state index in [4.69, 9.17) is 28.5 Å². The van der Waals surface area contributed by atoms with Gasteiger partial charge in [0.15, 0.2) is 5.82 Å². The normalized spacial score (nSPS) is 10.5. The molecule has 0 saturated carbocycles. The molecule has 0 aliphatic carbocycles. The number of hydrogen-bond donors (Lipinski definition) is 4. The highest BCUT2D eigenvalue weighted by atomic mass is 35.5. The van der Waals surface area contributed by atoms with Gasteiger partial charge in [0, 0.05) is 30.0 Å². The molecule has 5 nitrogen and oxygen atoms in total. The maximum Gasteiger partial charge on any atom is 0.253 e. The van der Waals surface area contributed by atoms with E-state index in [2.05, 4.69) is 5.32 Å². The molecule has 0 heterocycles. The summed E-state index contributed by atoms with van der Waals surface area (Å²) in [6.07, 6.45) is 1.02. The highest BCUT2D eigenvalue weighted by Gasteiger charge is 2.27. The number of halogens is 3. The van der Waals surface area contributed by atoms with Crippen molar-refractivity contribution in [1.82, 2.24) is 0 Å². The van der Waals surface area contributed by atoms with E-state index in [0.29, 0.717) is 5.56 Å². The molecule has 0 saturated heterocycles. The van der Waals surface area contributed by atoms with Crippen LogP contribution in [0.15, 0.2) is 12.1 Å². The van der Waals surface area contributed by atoms with E-state index in [1.54, 1.807) is 0 Å². The van der Waals surface area contributed by atoms with Crippen molar-refractivity contribution in [3.05, 3.63) is 45.5 Å². The molecule has 0 aromatic heterocycles. The molecule has 1 amide bonds. The van der Waals surface area contributed by atoms with E-state index in [1.165, 1.54) is 20.0 Å². The van der Waals surface area contributed by atoms with E-state index >= 15 is 0 Å². The summed E-state index contributed by atoms with van der Waals surface area (Å²) in [5, 5.41) is 9.73. The molecule has 0 fully saturated rings. The van der Waals surface area contributed by atoms with Crippen molar-refractivity contribution in [2.45, 2.75) is 6.92 Å². The fraction of sp³-hybridized carbons (Fsp3) is 0.125. The van der Waals surface area contributed by atoms with E-state index in [1.807, 2.05) is 0 Å². The van der Waals surface area contributed by atoms with Crippen LogP contribution in [0.3, 0.4) is 0 Å². The van der Waals surface area contributed by atoms with E-state index in [-0.39, 0.29) is 28.1 Å². The van der Waals surface area contributed by atoms with Crippen LogP contribution in [0.2, 0.25) is 5.02 Å². The van der Waals surface area contributed by atoms with Gasteiger partial charge in [-0.15, -0.1) is 0 Å². The fourth-order valence-corrected chi connectivity index (χ4v) is 2.92. The molecule has 0 atom stereocenters. The standard InChI is InChI=1S/C16H15ClF2N4O/c1-6-9(12(17)13(19)11(14(6)21)16(22)24)10-8(18)4-3-7(5-20)15(10)23-2/h3-5,20,23H,21H2,1-2H3,(H2,22,24). The first-order valence-corrected chi connectivity index (χ1v) is 7.21. The van der Waals surface area contributed by atoms with Gasteiger partial charge in [0.2, 0.25) is 0 Å². The topological polar surface area (TPSA) is 105 Å². The van der Waals surface area contributed by atoms with Crippen molar-refractivity contribution in [1.29, 1.82) is 5.41 Å². The second-order valence-corrected chi connectivity index (χ2v) is 5.44. The van der Waals surface area contributed by atoms with Crippen molar-refractivity contribution < 1.29 is 13.6 Å². The molecule has 0 radical (unpaired) electrons. The van der Waals surface area contributed by atoms with Crippen LogP contribution in [0.1, 0.15) is 21.5 Å². The van der Waals surface area contributed by atoms with Crippen molar-refractivity contribution in [2.24, 2.45) is 5.73 Å². The van der Waals surface area contributed by atoms with E-state index in [0.717, 1.165) is 12.3 Å².